The molecule has 84 valence electrons. The number of rotatable bonds is 2. The van der Waals surface area contributed by atoms with E-state index in [0.717, 1.165) is 36.2 Å². The highest BCUT2D eigenvalue weighted by Crippen LogP contribution is 2.23. The first-order chi connectivity index (χ1) is 7.16. The molecule has 0 bridgehead atoms. The minimum Gasteiger partial charge on any atom is -0.467 e. The van der Waals surface area contributed by atoms with Gasteiger partial charge in [0, 0.05) is 18.6 Å². The summed E-state index contributed by atoms with van der Waals surface area (Å²) in [4.78, 5) is 2.42. The number of hydrogen-bond acceptors (Lipinski definition) is 3. The molecule has 4 heteroatoms. The van der Waals surface area contributed by atoms with E-state index in [9.17, 15) is 0 Å². The summed E-state index contributed by atoms with van der Waals surface area (Å²) in [5.41, 5.74) is 5.93. The third kappa shape index (κ3) is 2.62. The molecule has 0 aromatic carbocycles. The van der Waals surface area contributed by atoms with Crippen LogP contribution in [0.25, 0.3) is 0 Å². The first-order valence-electron chi connectivity index (χ1n) is 5.38. The number of piperidine rings is 1. The fourth-order valence-corrected chi connectivity index (χ4v) is 2.44. The molecule has 0 radical (unpaired) electrons. The molecule has 1 aliphatic heterocycles. The smallest absolute Gasteiger partial charge is 0.131 e. The molecule has 2 atom stereocenters. The Hall–Kier alpha value is -0.320. The van der Waals surface area contributed by atoms with E-state index < -0.39 is 0 Å². The van der Waals surface area contributed by atoms with Gasteiger partial charge in [0.15, 0.2) is 0 Å². The van der Waals surface area contributed by atoms with Crippen LogP contribution in [0.3, 0.4) is 0 Å². The lowest BCUT2D eigenvalue weighted by Gasteiger charge is -2.35. The van der Waals surface area contributed by atoms with E-state index in [1.54, 1.807) is 6.26 Å². The highest BCUT2D eigenvalue weighted by atomic mass is 79.9. The van der Waals surface area contributed by atoms with E-state index in [2.05, 4.69) is 27.8 Å². The lowest BCUT2D eigenvalue weighted by Crippen LogP contribution is -2.44. The monoisotopic (exact) mass is 272 g/mol. The molecule has 1 fully saturated rings. The predicted molar refractivity (Wildman–Crippen MR) is 63.5 cm³/mol. The van der Waals surface area contributed by atoms with Gasteiger partial charge in [-0.15, -0.1) is 0 Å². The standard InChI is InChI=1S/C11H17BrN2O/c1-8-6-9(13)2-4-14(8)7-11-10(12)3-5-15-11/h3,5,8-9H,2,4,6-7,13H2,1H3. The van der Waals surface area contributed by atoms with E-state index >= 15 is 0 Å². The maximum Gasteiger partial charge on any atom is 0.131 e. The summed E-state index contributed by atoms with van der Waals surface area (Å²) in [6.07, 6.45) is 3.89. The van der Waals surface area contributed by atoms with Crippen LogP contribution in [-0.4, -0.2) is 23.5 Å². The van der Waals surface area contributed by atoms with Gasteiger partial charge in [0.05, 0.1) is 17.3 Å². The third-order valence-electron chi connectivity index (χ3n) is 3.09. The van der Waals surface area contributed by atoms with Gasteiger partial charge in [0.25, 0.3) is 0 Å². The van der Waals surface area contributed by atoms with Gasteiger partial charge in [-0.2, -0.15) is 0 Å². The Morgan fingerprint density at radius 1 is 1.67 bits per heavy atom. The fourth-order valence-electron chi connectivity index (χ4n) is 2.11. The second-order valence-corrected chi connectivity index (χ2v) is 5.15. The molecular formula is C11H17BrN2O. The van der Waals surface area contributed by atoms with Crippen LogP contribution in [-0.2, 0) is 6.54 Å². The van der Waals surface area contributed by atoms with Crippen LogP contribution in [0.15, 0.2) is 21.2 Å². The summed E-state index contributed by atoms with van der Waals surface area (Å²) in [5, 5.41) is 0. The quantitative estimate of drug-likeness (QED) is 0.899. The van der Waals surface area contributed by atoms with E-state index in [-0.39, 0.29) is 0 Å². The molecule has 1 aromatic rings. The van der Waals surface area contributed by atoms with Crippen LogP contribution in [0.2, 0.25) is 0 Å². The van der Waals surface area contributed by atoms with Crippen LogP contribution in [0.1, 0.15) is 25.5 Å². The molecule has 0 spiro atoms. The zero-order valence-corrected chi connectivity index (χ0v) is 10.5. The van der Waals surface area contributed by atoms with Crippen molar-refractivity contribution in [3.8, 4) is 0 Å². The average Bonchev–Trinajstić information content (AvgIpc) is 2.57. The van der Waals surface area contributed by atoms with Crippen LogP contribution >= 0.6 is 15.9 Å². The topological polar surface area (TPSA) is 42.4 Å². The minimum absolute atomic E-state index is 0.372. The van der Waals surface area contributed by atoms with Crippen LogP contribution in [0.4, 0.5) is 0 Å². The Morgan fingerprint density at radius 2 is 2.47 bits per heavy atom. The highest BCUT2D eigenvalue weighted by Gasteiger charge is 2.24. The number of furan rings is 1. The van der Waals surface area contributed by atoms with Crippen LogP contribution in [0.5, 0.6) is 0 Å². The van der Waals surface area contributed by atoms with E-state index in [0.29, 0.717) is 12.1 Å². The summed E-state index contributed by atoms with van der Waals surface area (Å²) in [5.74, 6) is 1.01. The highest BCUT2D eigenvalue weighted by molar-refractivity contribution is 9.10. The molecule has 1 aromatic heterocycles. The number of likely N-dealkylation sites (tertiary alicyclic amines) is 1. The van der Waals surface area contributed by atoms with Gasteiger partial charge in [-0.25, -0.2) is 0 Å². The summed E-state index contributed by atoms with van der Waals surface area (Å²) in [6, 6.07) is 2.86. The van der Waals surface area contributed by atoms with E-state index in [4.69, 9.17) is 10.2 Å². The average molecular weight is 273 g/mol. The molecule has 0 aliphatic carbocycles. The number of nitrogens with two attached hydrogens (primary N) is 1. The number of halogens is 1. The van der Waals surface area contributed by atoms with Crippen molar-refractivity contribution in [1.29, 1.82) is 0 Å². The van der Waals surface area contributed by atoms with Gasteiger partial charge in [0.2, 0.25) is 0 Å². The summed E-state index contributed by atoms with van der Waals surface area (Å²) in [7, 11) is 0. The van der Waals surface area contributed by atoms with Gasteiger partial charge in [-0.3, -0.25) is 4.90 Å². The summed E-state index contributed by atoms with van der Waals surface area (Å²) in [6.45, 7) is 4.17. The largest absolute Gasteiger partial charge is 0.467 e. The van der Waals surface area contributed by atoms with Gasteiger partial charge >= 0.3 is 0 Å². The Kier molecular flexibility index (Phi) is 3.49. The van der Waals surface area contributed by atoms with Crippen molar-refractivity contribution >= 4 is 15.9 Å². The molecule has 3 nitrogen and oxygen atoms in total. The lowest BCUT2D eigenvalue weighted by molar-refractivity contribution is 0.130. The second kappa shape index (κ2) is 4.68. The van der Waals surface area contributed by atoms with Gasteiger partial charge in [-0.05, 0) is 41.8 Å². The molecule has 0 saturated carbocycles. The number of nitrogens with zero attached hydrogens (tertiary/aromatic N) is 1. The zero-order chi connectivity index (χ0) is 10.8. The molecule has 2 rings (SSSR count). The van der Waals surface area contributed by atoms with Gasteiger partial charge < -0.3 is 10.2 Å². The predicted octanol–water partition coefficient (Wildman–Crippen LogP) is 2.35. The van der Waals surface area contributed by atoms with Crippen molar-refractivity contribution in [2.45, 2.75) is 38.4 Å². The van der Waals surface area contributed by atoms with Crippen molar-refractivity contribution in [1.82, 2.24) is 4.90 Å². The minimum atomic E-state index is 0.372. The first kappa shape index (κ1) is 11.2. The maximum absolute atomic E-state index is 5.93. The number of hydrogen-bond donors (Lipinski definition) is 1. The van der Waals surface area contributed by atoms with Crippen molar-refractivity contribution in [2.24, 2.45) is 5.73 Å². The summed E-state index contributed by atoms with van der Waals surface area (Å²) >= 11 is 3.48. The third-order valence-corrected chi connectivity index (χ3v) is 3.80. The van der Waals surface area contributed by atoms with E-state index in [1.807, 2.05) is 6.07 Å². The Bertz CT molecular complexity index is 326. The molecule has 2 heterocycles. The molecule has 2 N–H and O–H groups in total. The molecule has 1 aliphatic rings. The normalized spacial score (nSPS) is 28.2. The molecule has 0 amide bonds. The second-order valence-electron chi connectivity index (χ2n) is 4.30. The zero-order valence-electron chi connectivity index (χ0n) is 8.95. The van der Waals surface area contributed by atoms with Gasteiger partial charge in [0.1, 0.15) is 5.76 Å². The summed E-state index contributed by atoms with van der Waals surface area (Å²) < 4.78 is 6.48. The van der Waals surface area contributed by atoms with E-state index in [1.165, 1.54) is 0 Å². The van der Waals surface area contributed by atoms with Gasteiger partial charge in [-0.1, -0.05) is 0 Å². The fraction of sp³-hybridized carbons (Fsp3) is 0.636. The Balaban J connectivity index is 1.98. The maximum atomic E-state index is 5.93. The van der Waals surface area contributed by atoms with Crippen molar-refractivity contribution in [2.75, 3.05) is 6.54 Å². The molecular weight excluding hydrogens is 256 g/mol. The molecule has 1 saturated heterocycles. The van der Waals surface area contributed by atoms with Crippen molar-refractivity contribution in [3.63, 3.8) is 0 Å². The molecule has 2 unspecified atom stereocenters. The Labute approximate surface area is 98.7 Å². The van der Waals surface area contributed by atoms with Crippen LogP contribution in [0, 0.1) is 0 Å². The van der Waals surface area contributed by atoms with Crippen molar-refractivity contribution in [3.05, 3.63) is 22.6 Å². The Morgan fingerprint density at radius 3 is 3.07 bits per heavy atom. The first-order valence-corrected chi connectivity index (χ1v) is 6.17. The molecule has 15 heavy (non-hydrogen) atoms. The van der Waals surface area contributed by atoms with Crippen molar-refractivity contribution < 1.29 is 4.42 Å². The SMILES string of the molecule is CC1CC(N)CCN1Cc1occc1Br. The lowest BCUT2D eigenvalue weighted by atomic mass is 9.99. The van der Waals surface area contributed by atoms with Crippen LogP contribution < -0.4 is 5.73 Å².